The van der Waals surface area contributed by atoms with E-state index in [9.17, 15) is 22.8 Å². The Morgan fingerprint density at radius 2 is 1.96 bits per heavy atom. The number of rotatable bonds is 6. The van der Waals surface area contributed by atoms with Gasteiger partial charge in [0.05, 0.1) is 11.3 Å². The monoisotopic (exact) mass is 430 g/mol. The highest BCUT2D eigenvalue weighted by molar-refractivity contribution is 8.01. The molecule has 0 saturated heterocycles. The van der Waals surface area contributed by atoms with Crippen LogP contribution in [-0.2, 0) is 11.0 Å². The van der Waals surface area contributed by atoms with Gasteiger partial charge in [-0.15, -0.1) is 10.2 Å². The summed E-state index contributed by atoms with van der Waals surface area (Å²) in [7, 11) is 0. The van der Waals surface area contributed by atoms with E-state index in [0.717, 1.165) is 49.2 Å². The molecule has 1 fully saturated rings. The molecule has 2 aromatic rings. The number of anilines is 1. The first-order valence-electron chi connectivity index (χ1n) is 8.55. The number of carbonyl (C=O) groups is 2. The minimum absolute atomic E-state index is 0.0818. The fourth-order valence-electron chi connectivity index (χ4n) is 2.79. The van der Waals surface area contributed by atoms with Crippen LogP contribution < -0.4 is 10.6 Å². The zero-order valence-electron chi connectivity index (χ0n) is 14.6. The molecule has 1 heterocycles. The van der Waals surface area contributed by atoms with Gasteiger partial charge in [0.15, 0.2) is 4.34 Å². The molecule has 2 amide bonds. The van der Waals surface area contributed by atoms with Crippen LogP contribution in [0.5, 0.6) is 0 Å². The topological polar surface area (TPSA) is 84.0 Å². The second-order valence-electron chi connectivity index (χ2n) is 6.24. The Kier molecular flexibility index (Phi) is 6.55. The summed E-state index contributed by atoms with van der Waals surface area (Å²) in [5.41, 5.74) is -1.03. The molecule has 0 radical (unpaired) electrons. The highest BCUT2D eigenvalue weighted by atomic mass is 32.2. The maximum Gasteiger partial charge on any atom is 0.416 e. The largest absolute Gasteiger partial charge is 0.416 e. The van der Waals surface area contributed by atoms with Gasteiger partial charge >= 0.3 is 6.18 Å². The predicted molar refractivity (Wildman–Crippen MR) is 100 cm³/mol. The molecule has 0 unspecified atom stereocenters. The normalized spacial score (nSPS) is 14.8. The number of hydrogen-bond acceptors (Lipinski definition) is 6. The molecule has 6 nitrogen and oxygen atoms in total. The Bertz CT molecular complexity index is 851. The summed E-state index contributed by atoms with van der Waals surface area (Å²) in [6.07, 6.45) is -0.267. The van der Waals surface area contributed by atoms with E-state index >= 15 is 0 Å². The summed E-state index contributed by atoms with van der Waals surface area (Å²) in [6, 6.07) is 4.37. The molecule has 150 valence electrons. The van der Waals surface area contributed by atoms with Gasteiger partial charge < -0.3 is 5.32 Å². The molecular weight excluding hydrogens is 413 g/mol. The van der Waals surface area contributed by atoms with E-state index in [1.54, 1.807) is 0 Å². The minimum atomic E-state index is -4.53. The first kappa shape index (κ1) is 20.6. The van der Waals surface area contributed by atoms with E-state index < -0.39 is 17.6 Å². The second-order valence-corrected chi connectivity index (χ2v) is 8.44. The van der Waals surface area contributed by atoms with Gasteiger partial charge in [0.2, 0.25) is 11.0 Å². The van der Waals surface area contributed by atoms with Crippen molar-refractivity contribution in [3.8, 4) is 0 Å². The smallest absolute Gasteiger partial charge is 0.353 e. The van der Waals surface area contributed by atoms with E-state index in [0.29, 0.717) is 4.34 Å². The number of carbonyl (C=O) groups excluding carboxylic acids is 2. The average Bonchev–Trinajstić information content (AvgIpc) is 3.31. The van der Waals surface area contributed by atoms with E-state index in [1.807, 2.05) is 0 Å². The zero-order chi connectivity index (χ0) is 20.1. The van der Waals surface area contributed by atoms with Crippen LogP contribution in [0.15, 0.2) is 28.6 Å². The van der Waals surface area contributed by atoms with E-state index in [1.165, 1.54) is 23.9 Å². The highest BCUT2D eigenvalue weighted by Gasteiger charge is 2.31. The first-order chi connectivity index (χ1) is 13.3. The Morgan fingerprint density at radius 3 is 2.68 bits per heavy atom. The summed E-state index contributed by atoms with van der Waals surface area (Å²) in [5, 5.41) is 13.2. The molecule has 3 rings (SSSR count). The highest BCUT2D eigenvalue weighted by Crippen LogP contribution is 2.30. The molecule has 0 bridgehead atoms. The SMILES string of the molecule is O=C(CSc1nnc(NC(=O)c2cccc(C(F)(F)F)c2)s1)NC1CCCC1. The molecule has 0 spiro atoms. The number of halogens is 3. The number of amides is 2. The van der Waals surface area contributed by atoms with E-state index in [2.05, 4.69) is 20.8 Å². The number of benzene rings is 1. The van der Waals surface area contributed by atoms with Gasteiger partial charge in [0.25, 0.3) is 5.91 Å². The van der Waals surface area contributed by atoms with Crippen LogP contribution in [0.3, 0.4) is 0 Å². The van der Waals surface area contributed by atoms with Crippen LogP contribution in [-0.4, -0.2) is 33.8 Å². The quantitative estimate of drug-likeness (QED) is 0.535. The van der Waals surface area contributed by atoms with E-state index in [-0.39, 0.29) is 28.4 Å². The number of alkyl halides is 3. The van der Waals surface area contributed by atoms with Crippen molar-refractivity contribution in [2.24, 2.45) is 0 Å². The van der Waals surface area contributed by atoms with Crippen molar-refractivity contribution < 1.29 is 22.8 Å². The summed E-state index contributed by atoms with van der Waals surface area (Å²) in [5.74, 6) is -0.605. The van der Waals surface area contributed by atoms with Crippen LogP contribution in [0.4, 0.5) is 18.3 Å². The van der Waals surface area contributed by atoms with Crippen LogP contribution in [0.1, 0.15) is 41.6 Å². The number of hydrogen-bond donors (Lipinski definition) is 2. The van der Waals surface area contributed by atoms with Gasteiger partial charge in [0, 0.05) is 11.6 Å². The van der Waals surface area contributed by atoms with Crippen molar-refractivity contribution in [3.05, 3.63) is 35.4 Å². The van der Waals surface area contributed by atoms with Gasteiger partial charge in [0.1, 0.15) is 0 Å². The fraction of sp³-hybridized carbons (Fsp3) is 0.412. The lowest BCUT2D eigenvalue weighted by molar-refractivity contribution is -0.137. The molecule has 11 heteroatoms. The number of nitrogens with one attached hydrogen (secondary N) is 2. The molecule has 1 saturated carbocycles. The molecule has 0 atom stereocenters. The molecule has 1 aromatic carbocycles. The standard InChI is InChI=1S/C17H17F3N4O2S2/c18-17(19,20)11-5-3-4-10(8-11)14(26)22-15-23-24-16(28-15)27-9-13(25)21-12-6-1-2-7-12/h3-5,8,12H,1-2,6-7,9H2,(H,21,25)(H,22,23,26). The summed E-state index contributed by atoms with van der Waals surface area (Å²) in [4.78, 5) is 24.1. The third kappa shape index (κ3) is 5.68. The summed E-state index contributed by atoms with van der Waals surface area (Å²) in [6.45, 7) is 0. The van der Waals surface area contributed by atoms with Crippen LogP contribution in [0, 0.1) is 0 Å². The second kappa shape index (κ2) is 8.91. The molecule has 1 aliphatic carbocycles. The van der Waals surface area contributed by atoms with Crippen molar-refractivity contribution in [1.29, 1.82) is 0 Å². The minimum Gasteiger partial charge on any atom is -0.353 e. The Morgan fingerprint density at radius 1 is 1.21 bits per heavy atom. The number of aromatic nitrogens is 2. The van der Waals surface area contributed by atoms with Crippen molar-refractivity contribution >= 4 is 40.0 Å². The summed E-state index contributed by atoms with van der Waals surface area (Å²) < 4.78 is 38.7. The Labute approximate surface area is 167 Å². The fourth-order valence-corrected chi connectivity index (χ4v) is 4.35. The molecule has 1 aromatic heterocycles. The summed E-state index contributed by atoms with van der Waals surface area (Å²) >= 11 is 2.25. The lowest BCUT2D eigenvalue weighted by Crippen LogP contribution is -2.33. The maximum absolute atomic E-state index is 12.8. The zero-order valence-corrected chi connectivity index (χ0v) is 16.2. The van der Waals surface area contributed by atoms with Gasteiger partial charge in [-0.05, 0) is 31.0 Å². The molecule has 2 N–H and O–H groups in total. The molecule has 28 heavy (non-hydrogen) atoms. The lowest BCUT2D eigenvalue weighted by atomic mass is 10.1. The first-order valence-corrected chi connectivity index (χ1v) is 10.4. The molecule has 0 aliphatic heterocycles. The van der Waals surface area contributed by atoms with Gasteiger partial charge in [-0.1, -0.05) is 42.0 Å². The van der Waals surface area contributed by atoms with Gasteiger partial charge in [-0.3, -0.25) is 14.9 Å². The average molecular weight is 430 g/mol. The molecular formula is C17H17F3N4O2S2. The van der Waals surface area contributed by atoms with Crippen molar-refractivity contribution in [3.63, 3.8) is 0 Å². The van der Waals surface area contributed by atoms with Crippen LogP contribution in [0.2, 0.25) is 0 Å². The van der Waals surface area contributed by atoms with Crippen LogP contribution in [0.25, 0.3) is 0 Å². The van der Waals surface area contributed by atoms with Crippen molar-refractivity contribution in [1.82, 2.24) is 15.5 Å². The van der Waals surface area contributed by atoms with Crippen molar-refractivity contribution in [2.75, 3.05) is 11.1 Å². The predicted octanol–water partition coefficient (Wildman–Crippen LogP) is 3.96. The third-order valence-corrected chi connectivity index (χ3v) is 6.10. The molecule has 1 aliphatic rings. The third-order valence-electron chi connectivity index (χ3n) is 4.13. The van der Waals surface area contributed by atoms with Gasteiger partial charge in [-0.2, -0.15) is 13.2 Å². The van der Waals surface area contributed by atoms with Crippen molar-refractivity contribution in [2.45, 2.75) is 42.2 Å². The van der Waals surface area contributed by atoms with Crippen LogP contribution >= 0.6 is 23.1 Å². The Balaban J connectivity index is 1.52. The van der Waals surface area contributed by atoms with Gasteiger partial charge in [-0.25, -0.2) is 0 Å². The number of nitrogens with zero attached hydrogens (tertiary/aromatic N) is 2. The number of thioether (sulfide) groups is 1. The van der Waals surface area contributed by atoms with E-state index in [4.69, 9.17) is 0 Å². The lowest BCUT2D eigenvalue weighted by Gasteiger charge is -2.10. The Hall–Kier alpha value is -2.14. The maximum atomic E-state index is 12.8.